The largest absolute Gasteiger partial charge is 0.370 e. The van der Waals surface area contributed by atoms with Crippen LogP contribution < -0.4 is 10.2 Å². The van der Waals surface area contributed by atoms with Crippen molar-refractivity contribution in [1.82, 2.24) is 4.98 Å². The van der Waals surface area contributed by atoms with E-state index in [-0.39, 0.29) is 5.91 Å². The highest BCUT2D eigenvalue weighted by Crippen LogP contribution is 2.22. The quantitative estimate of drug-likeness (QED) is 0.936. The van der Waals surface area contributed by atoms with Crippen LogP contribution in [0.15, 0.2) is 42.6 Å². The fraction of sp³-hybridized carbons (Fsp3) is 0.368. The van der Waals surface area contributed by atoms with E-state index in [4.69, 9.17) is 0 Å². The third kappa shape index (κ3) is 3.89. The van der Waals surface area contributed by atoms with Crippen LogP contribution in [0, 0.1) is 12.8 Å². The average molecular weight is 309 g/mol. The molecule has 1 fully saturated rings. The van der Waals surface area contributed by atoms with E-state index in [9.17, 15) is 4.79 Å². The van der Waals surface area contributed by atoms with Crippen molar-refractivity contribution in [3.8, 4) is 0 Å². The van der Waals surface area contributed by atoms with Crippen molar-refractivity contribution in [2.75, 3.05) is 23.3 Å². The lowest BCUT2D eigenvalue weighted by Crippen LogP contribution is -2.34. The Morgan fingerprint density at radius 1 is 1.22 bits per heavy atom. The molecule has 1 saturated heterocycles. The van der Waals surface area contributed by atoms with Gasteiger partial charge in [0.25, 0.3) is 5.91 Å². The Bertz CT molecular complexity index is 664. The SMILES string of the molecule is Cc1ccc(NC(=O)c2ccc(N3CCCC(C)C3)cn2)cc1. The number of piperidine rings is 1. The van der Waals surface area contributed by atoms with Gasteiger partial charge in [0.15, 0.2) is 0 Å². The van der Waals surface area contributed by atoms with Gasteiger partial charge in [-0.05, 0) is 49.9 Å². The van der Waals surface area contributed by atoms with Crippen LogP contribution in [-0.4, -0.2) is 24.0 Å². The van der Waals surface area contributed by atoms with E-state index < -0.39 is 0 Å². The second kappa shape index (κ2) is 6.82. The number of carbonyl (C=O) groups excluding carboxylic acids is 1. The molecule has 0 bridgehead atoms. The lowest BCUT2D eigenvalue weighted by atomic mass is 10.00. The number of benzene rings is 1. The molecule has 2 aromatic rings. The van der Waals surface area contributed by atoms with Crippen molar-refractivity contribution in [3.05, 3.63) is 53.9 Å². The standard InChI is InChI=1S/C19H23N3O/c1-14-5-7-16(8-6-14)21-19(23)18-10-9-17(12-20-18)22-11-3-4-15(2)13-22/h5-10,12,15H,3-4,11,13H2,1-2H3,(H,21,23). The van der Waals surface area contributed by atoms with Gasteiger partial charge in [-0.1, -0.05) is 24.6 Å². The fourth-order valence-electron chi connectivity index (χ4n) is 2.96. The summed E-state index contributed by atoms with van der Waals surface area (Å²) >= 11 is 0. The Morgan fingerprint density at radius 3 is 2.65 bits per heavy atom. The van der Waals surface area contributed by atoms with Crippen LogP contribution in [0.1, 0.15) is 35.8 Å². The van der Waals surface area contributed by atoms with Crippen molar-refractivity contribution in [1.29, 1.82) is 0 Å². The monoisotopic (exact) mass is 309 g/mol. The van der Waals surface area contributed by atoms with Gasteiger partial charge in [-0.15, -0.1) is 0 Å². The summed E-state index contributed by atoms with van der Waals surface area (Å²) in [4.78, 5) is 18.9. The summed E-state index contributed by atoms with van der Waals surface area (Å²) in [6.45, 7) is 6.44. The number of rotatable bonds is 3. The maximum absolute atomic E-state index is 12.3. The van der Waals surface area contributed by atoms with Gasteiger partial charge in [0, 0.05) is 18.8 Å². The number of hydrogen-bond donors (Lipinski definition) is 1. The molecule has 0 radical (unpaired) electrons. The summed E-state index contributed by atoms with van der Waals surface area (Å²) in [5.41, 5.74) is 3.50. The topological polar surface area (TPSA) is 45.2 Å². The summed E-state index contributed by atoms with van der Waals surface area (Å²) in [5, 5.41) is 2.88. The molecule has 4 heteroatoms. The second-order valence-electron chi connectivity index (χ2n) is 6.42. The molecular formula is C19H23N3O. The fourth-order valence-corrected chi connectivity index (χ4v) is 2.96. The molecule has 1 aliphatic rings. The Labute approximate surface area is 137 Å². The van der Waals surface area contributed by atoms with Crippen LogP contribution in [0.3, 0.4) is 0 Å². The molecule has 0 spiro atoms. The minimum atomic E-state index is -0.174. The van der Waals surface area contributed by atoms with Crippen molar-refractivity contribution < 1.29 is 4.79 Å². The van der Waals surface area contributed by atoms with Crippen LogP contribution in [0.4, 0.5) is 11.4 Å². The van der Waals surface area contributed by atoms with Crippen molar-refractivity contribution in [2.24, 2.45) is 5.92 Å². The molecule has 1 unspecified atom stereocenters. The first-order valence-corrected chi connectivity index (χ1v) is 8.21. The zero-order valence-corrected chi connectivity index (χ0v) is 13.7. The highest BCUT2D eigenvalue weighted by Gasteiger charge is 2.17. The average Bonchev–Trinajstić information content (AvgIpc) is 2.57. The van der Waals surface area contributed by atoms with Crippen LogP contribution in [0.25, 0.3) is 0 Å². The summed E-state index contributed by atoms with van der Waals surface area (Å²) in [6, 6.07) is 11.5. The summed E-state index contributed by atoms with van der Waals surface area (Å²) in [6.07, 6.45) is 4.32. The van der Waals surface area contributed by atoms with E-state index >= 15 is 0 Å². The maximum atomic E-state index is 12.3. The number of nitrogens with one attached hydrogen (secondary N) is 1. The number of nitrogens with zero attached hydrogens (tertiary/aromatic N) is 2. The molecule has 1 N–H and O–H groups in total. The smallest absolute Gasteiger partial charge is 0.274 e. The van der Waals surface area contributed by atoms with Crippen molar-refractivity contribution >= 4 is 17.3 Å². The van der Waals surface area contributed by atoms with Crippen molar-refractivity contribution in [2.45, 2.75) is 26.7 Å². The van der Waals surface area contributed by atoms with Crippen LogP contribution >= 0.6 is 0 Å². The van der Waals surface area contributed by atoms with Gasteiger partial charge < -0.3 is 10.2 Å². The summed E-state index contributed by atoms with van der Waals surface area (Å²) in [5.74, 6) is 0.542. The first-order chi connectivity index (χ1) is 11.1. The minimum absolute atomic E-state index is 0.174. The van der Waals surface area contributed by atoms with E-state index in [0.29, 0.717) is 11.6 Å². The molecule has 1 aromatic heterocycles. The number of amides is 1. The lowest BCUT2D eigenvalue weighted by molar-refractivity contribution is 0.102. The van der Waals surface area contributed by atoms with Gasteiger partial charge in [-0.25, -0.2) is 4.98 Å². The zero-order valence-electron chi connectivity index (χ0n) is 13.7. The second-order valence-corrected chi connectivity index (χ2v) is 6.42. The number of anilines is 2. The highest BCUT2D eigenvalue weighted by atomic mass is 16.1. The molecule has 4 nitrogen and oxygen atoms in total. The number of aromatic nitrogens is 1. The maximum Gasteiger partial charge on any atom is 0.274 e. The lowest BCUT2D eigenvalue weighted by Gasteiger charge is -2.32. The first kappa shape index (κ1) is 15.5. The predicted octanol–water partition coefficient (Wildman–Crippen LogP) is 3.88. The number of carbonyl (C=O) groups is 1. The molecule has 2 heterocycles. The van der Waals surface area contributed by atoms with Gasteiger partial charge in [-0.2, -0.15) is 0 Å². The predicted molar refractivity (Wildman–Crippen MR) is 94.0 cm³/mol. The van der Waals surface area contributed by atoms with Gasteiger partial charge in [-0.3, -0.25) is 4.79 Å². The van der Waals surface area contributed by atoms with E-state index in [0.717, 1.165) is 24.5 Å². The Balaban J connectivity index is 1.66. The number of hydrogen-bond acceptors (Lipinski definition) is 3. The Hall–Kier alpha value is -2.36. The van der Waals surface area contributed by atoms with Gasteiger partial charge in [0.2, 0.25) is 0 Å². The molecular weight excluding hydrogens is 286 g/mol. The zero-order chi connectivity index (χ0) is 16.2. The Kier molecular flexibility index (Phi) is 4.60. The van der Waals surface area contributed by atoms with E-state index in [1.807, 2.05) is 43.5 Å². The van der Waals surface area contributed by atoms with E-state index in [1.54, 1.807) is 6.07 Å². The molecule has 0 aliphatic carbocycles. The van der Waals surface area contributed by atoms with Crippen LogP contribution in [0.2, 0.25) is 0 Å². The third-order valence-corrected chi connectivity index (χ3v) is 4.31. The van der Waals surface area contributed by atoms with Gasteiger partial charge in [0.05, 0.1) is 11.9 Å². The molecule has 0 saturated carbocycles. The molecule has 1 amide bonds. The van der Waals surface area contributed by atoms with E-state index in [1.165, 1.54) is 18.4 Å². The molecule has 3 rings (SSSR count). The van der Waals surface area contributed by atoms with Gasteiger partial charge in [0.1, 0.15) is 5.69 Å². The Morgan fingerprint density at radius 2 is 2.00 bits per heavy atom. The number of aryl methyl sites for hydroxylation is 1. The van der Waals surface area contributed by atoms with Crippen molar-refractivity contribution in [3.63, 3.8) is 0 Å². The van der Waals surface area contributed by atoms with Crippen LogP contribution in [0.5, 0.6) is 0 Å². The van der Waals surface area contributed by atoms with E-state index in [2.05, 4.69) is 22.1 Å². The summed E-state index contributed by atoms with van der Waals surface area (Å²) < 4.78 is 0. The molecule has 1 aromatic carbocycles. The minimum Gasteiger partial charge on any atom is -0.370 e. The normalized spacial score (nSPS) is 17.8. The molecule has 23 heavy (non-hydrogen) atoms. The summed E-state index contributed by atoms with van der Waals surface area (Å²) in [7, 11) is 0. The highest BCUT2D eigenvalue weighted by molar-refractivity contribution is 6.02. The van der Waals surface area contributed by atoms with Crippen LogP contribution in [-0.2, 0) is 0 Å². The molecule has 1 aliphatic heterocycles. The molecule has 1 atom stereocenters. The first-order valence-electron chi connectivity index (χ1n) is 8.21. The third-order valence-electron chi connectivity index (χ3n) is 4.31. The van der Waals surface area contributed by atoms with Gasteiger partial charge >= 0.3 is 0 Å². The number of pyridine rings is 1. The molecule has 120 valence electrons.